The molecule has 1 atom stereocenters. The summed E-state index contributed by atoms with van der Waals surface area (Å²) in [5.74, 6) is -0.383. The van der Waals surface area contributed by atoms with Gasteiger partial charge in [0.05, 0.1) is 5.92 Å². The van der Waals surface area contributed by atoms with Gasteiger partial charge in [0.25, 0.3) is 0 Å². The number of carbonyl (C=O) groups excluding carboxylic acids is 2. The SMILES string of the molecule is CC(C)(C)OC(=O)C1CNC(=O)CC12CNC2. The number of amides is 1. The van der Waals surface area contributed by atoms with Gasteiger partial charge in [0.2, 0.25) is 5.91 Å². The quantitative estimate of drug-likeness (QED) is 0.636. The lowest BCUT2D eigenvalue weighted by Gasteiger charge is -2.49. The second kappa shape index (κ2) is 3.98. The summed E-state index contributed by atoms with van der Waals surface area (Å²) >= 11 is 0. The fourth-order valence-electron chi connectivity index (χ4n) is 2.46. The van der Waals surface area contributed by atoms with Crippen molar-refractivity contribution in [2.45, 2.75) is 32.8 Å². The Balaban J connectivity index is 2.08. The van der Waals surface area contributed by atoms with E-state index in [1.807, 2.05) is 20.8 Å². The maximum absolute atomic E-state index is 12.1. The summed E-state index contributed by atoms with van der Waals surface area (Å²) in [4.78, 5) is 23.6. The van der Waals surface area contributed by atoms with E-state index >= 15 is 0 Å². The largest absolute Gasteiger partial charge is 0.460 e. The number of hydrogen-bond donors (Lipinski definition) is 2. The summed E-state index contributed by atoms with van der Waals surface area (Å²) in [6, 6.07) is 0. The normalized spacial score (nSPS) is 27.2. The Kier molecular flexibility index (Phi) is 2.89. The Morgan fingerprint density at radius 1 is 1.41 bits per heavy atom. The van der Waals surface area contributed by atoms with E-state index in [4.69, 9.17) is 4.74 Å². The Morgan fingerprint density at radius 2 is 2.06 bits per heavy atom. The van der Waals surface area contributed by atoms with E-state index in [-0.39, 0.29) is 23.2 Å². The van der Waals surface area contributed by atoms with Gasteiger partial charge in [0, 0.05) is 31.5 Å². The third-order valence-electron chi connectivity index (χ3n) is 3.40. The Morgan fingerprint density at radius 3 is 2.53 bits per heavy atom. The molecule has 5 heteroatoms. The number of carbonyl (C=O) groups is 2. The first kappa shape index (κ1) is 12.4. The molecule has 2 aliphatic heterocycles. The lowest BCUT2D eigenvalue weighted by molar-refractivity contribution is -0.169. The maximum atomic E-state index is 12.1. The molecule has 2 rings (SSSR count). The number of piperidine rings is 1. The van der Waals surface area contributed by atoms with Crippen LogP contribution in [-0.2, 0) is 14.3 Å². The molecule has 17 heavy (non-hydrogen) atoms. The lowest BCUT2D eigenvalue weighted by atomic mass is 9.66. The third-order valence-corrected chi connectivity index (χ3v) is 3.40. The average Bonchev–Trinajstić information content (AvgIpc) is 2.12. The van der Waals surface area contributed by atoms with Gasteiger partial charge in [-0.2, -0.15) is 0 Å². The molecule has 1 amide bonds. The van der Waals surface area contributed by atoms with Gasteiger partial charge in [-0.3, -0.25) is 9.59 Å². The molecule has 1 spiro atoms. The van der Waals surface area contributed by atoms with Gasteiger partial charge >= 0.3 is 5.97 Å². The molecule has 0 radical (unpaired) electrons. The van der Waals surface area contributed by atoms with Crippen molar-refractivity contribution in [1.29, 1.82) is 0 Å². The molecule has 0 bridgehead atoms. The van der Waals surface area contributed by atoms with Crippen LogP contribution in [-0.4, -0.2) is 37.1 Å². The van der Waals surface area contributed by atoms with Gasteiger partial charge in [0.1, 0.15) is 5.60 Å². The van der Waals surface area contributed by atoms with Crippen LogP contribution in [0.25, 0.3) is 0 Å². The van der Waals surface area contributed by atoms with E-state index in [0.29, 0.717) is 13.0 Å². The maximum Gasteiger partial charge on any atom is 0.311 e. The van der Waals surface area contributed by atoms with Crippen LogP contribution in [0.4, 0.5) is 0 Å². The molecule has 0 aromatic heterocycles. The van der Waals surface area contributed by atoms with E-state index in [9.17, 15) is 9.59 Å². The van der Waals surface area contributed by atoms with Crippen LogP contribution >= 0.6 is 0 Å². The summed E-state index contributed by atoms with van der Waals surface area (Å²) in [6.45, 7) is 7.43. The first-order valence-corrected chi connectivity index (χ1v) is 6.03. The first-order chi connectivity index (χ1) is 7.82. The van der Waals surface area contributed by atoms with Crippen LogP contribution < -0.4 is 10.6 Å². The highest BCUT2D eigenvalue weighted by molar-refractivity contribution is 5.83. The van der Waals surface area contributed by atoms with Crippen molar-refractivity contribution >= 4 is 11.9 Å². The molecule has 96 valence electrons. The first-order valence-electron chi connectivity index (χ1n) is 6.03. The summed E-state index contributed by atoms with van der Waals surface area (Å²) in [7, 11) is 0. The Hall–Kier alpha value is -1.10. The predicted octanol–water partition coefficient (Wildman–Crippen LogP) is 0.0538. The highest BCUT2D eigenvalue weighted by atomic mass is 16.6. The van der Waals surface area contributed by atoms with Crippen molar-refractivity contribution in [3.05, 3.63) is 0 Å². The molecule has 0 saturated carbocycles. The summed E-state index contributed by atoms with van der Waals surface area (Å²) in [5.41, 5.74) is -0.693. The van der Waals surface area contributed by atoms with E-state index in [2.05, 4.69) is 10.6 Å². The van der Waals surface area contributed by atoms with Crippen LogP contribution in [0, 0.1) is 11.3 Å². The van der Waals surface area contributed by atoms with Crippen molar-refractivity contribution < 1.29 is 14.3 Å². The third kappa shape index (κ3) is 2.44. The van der Waals surface area contributed by atoms with Gasteiger partial charge in [-0.1, -0.05) is 0 Å². The summed E-state index contributed by atoms with van der Waals surface area (Å²) in [6.07, 6.45) is 0.421. The number of nitrogens with one attached hydrogen (secondary N) is 2. The molecule has 2 aliphatic rings. The zero-order valence-corrected chi connectivity index (χ0v) is 10.6. The standard InChI is InChI=1S/C12H20N2O3/c1-11(2,3)17-10(16)8-5-14-9(15)4-12(8)6-13-7-12/h8,13H,4-7H2,1-3H3,(H,14,15). The molecule has 0 aromatic carbocycles. The summed E-state index contributed by atoms with van der Waals surface area (Å²) in [5, 5.41) is 5.91. The van der Waals surface area contributed by atoms with Crippen LogP contribution in [0.2, 0.25) is 0 Å². The van der Waals surface area contributed by atoms with Crippen LogP contribution in [0.1, 0.15) is 27.2 Å². The molecule has 2 fully saturated rings. The van der Waals surface area contributed by atoms with Crippen LogP contribution in [0.15, 0.2) is 0 Å². The molecule has 2 heterocycles. The monoisotopic (exact) mass is 240 g/mol. The van der Waals surface area contributed by atoms with Crippen molar-refractivity contribution in [3.8, 4) is 0 Å². The number of hydrogen-bond acceptors (Lipinski definition) is 4. The van der Waals surface area contributed by atoms with Gasteiger partial charge < -0.3 is 15.4 Å². The van der Waals surface area contributed by atoms with E-state index < -0.39 is 5.60 Å². The van der Waals surface area contributed by atoms with Gasteiger partial charge in [0.15, 0.2) is 0 Å². The number of ether oxygens (including phenoxy) is 1. The van der Waals surface area contributed by atoms with Crippen LogP contribution in [0.3, 0.4) is 0 Å². The van der Waals surface area contributed by atoms with E-state index in [0.717, 1.165) is 13.1 Å². The molecule has 0 aliphatic carbocycles. The Labute approximate surface area is 101 Å². The second-order valence-electron chi connectivity index (χ2n) is 6.03. The van der Waals surface area contributed by atoms with E-state index in [1.165, 1.54) is 0 Å². The molecule has 0 aromatic rings. The zero-order chi connectivity index (χ0) is 12.7. The molecule has 2 saturated heterocycles. The minimum atomic E-state index is -0.475. The topological polar surface area (TPSA) is 67.4 Å². The molecular formula is C12H20N2O3. The van der Waals surface area contributed by atoms with Crippen molar-refractivity contribution in [3.63, 3.8) is 0 Å². The molecular weight excluding hydrogens is 220 g/mol. The zero-order valence-electron chi connectivity index (χ0n) is 10.6. The lowest BCUT2D eigenvalue weighted by Crippen LogP contribution is -2.66. The molecule has 5 nitrogen and oxygen atoms in total. The Bertz CT molecular complexity index is 342. The molecule has 1 unspecified atom stereocenters. The average molecular weight is 240 g/mol. The predicted molar refractivity (Wildman–Crippen MR) is 62.3 cm³/mol. The fraction of sp³-hybridized carbons (Fsp3) is 0.833. The molecule has 2 N–H and O–H groups in total. The number of rotatable bonds is 1. The second-order valence-corrected chi connectivity index (χ2v) is 6.03. The van der Waals surface area contributed by atoms with Crippen molar-refractivity contribution in [2.24, 2.45) is 11.3 Å². The number of esters is 1. The summed E-state index contributed by atoms with van der Waals surface area (Å²) < 4.78 is 5.43. The minimum Gasteiger partial charge on any atom is -0.460 e. The highest BCUT2D eigenvalue weighted by Gasteiger charge is 2.52. The van der Waals surface area contributed by atoms with Gasteiger partial charge in [-0.25, -0.2) is 0 Å². The van der Waals surface area contributed by atoms with Gasteiger partial charge in [-0.05, 0) is 20.8 Å². The van der Waals surface area contributed by atoms with Crippen molar-refractivity contribution in [1.82, 2.24) is 10.6 Å². The van der Waals surface area contributed by atoms with Gasteiger partial charge in [-0.15, -0.1) is 0 Å². The minimum absolute atomic E-state index is 0.0336. The van der Waals surface area contributed by atoms with E-state index in [1.54, 1.807) is 0 Å². The van der Waals surface area contributed by atoms with Crippen molar-refractivity contribution in [2.75, 3.05) is 19.6 Å². The highest BCUT2D eigenvalue weighted by Crippen LogP contribution is 2.39. The van der Waals surface area contributed by atoms with Crippen LogP contribution in [0.5, 0.6) is 0 Å². The smallest absolute Gasteiger partial charge is 0.311 e. The fourth-order valence-corrected chi connectivity index (χ4v) is 2.46.